The van der Waals surface area contributed by atoms with Crippen LogP contribution >= 0.6 is 0 Å². The summed E-state index contributed by atoms with van der Waals surface area (Å²) in [4.78, 5) is 33.9. The lowest BCUT2D eigenvalue weighted by atomic mass is 10.4. The second-order valence-corrected chi connectivity index (χ2v) is 3.28. The summed E-state index contributed by atoms with van der Waals surface area (Å²) in [6, 6.07) is 0. The second-order valence-electron chi connectivity index (χ2n) is 3.28. The van der Waals surface area contributed by atoms with Crippen molar-refractivity contribution >= 4 is 30.2 Å². The van der Waals surface area contributed by atoms with Crippen molar-refractivity contribution in [3.63, 3.8) is 0 Å². The zero-order valence-electron chi connectivity index (χ0n) is 9.77. The van der Waals surface area contributed by atoms with Crippen LogP contribution < -0.4 is 0 Å². The summed E-state index contributed by atoms with van der Waals surface area (Å²) in [5.41, 5.74) is 0. The van der Waals surface area contributed by atoms with Crippen molar-refractivity contribution in [2.75, 3.05) is 13.1 Å². The van der Waals surface area contributed by atoms with Crippen LogP contribution in [0.3, 0.4) is 0 Å². The normalized spacial score (nSPS) is 22.9. The minimum Gasteiger partial charge on any atom is -0.293 e. The maximum atomic E-state index is 11.2. The predicted molar refractivity (Wildman–Crippen MR) is 72.6 cm³/mol. The summed E-state index contributed by atoms with van der Waals surface area (Å²) in [7, 11) is 0. The van der Waals surface area contributed by atoms with E-state index in [0.29, 0.717) is 0 Å². The topological polar surface area (TPSA) is 71.2 Å². The highest BCUT2D eigenvalue weighted by atomic mass is 16.1. The molecule has 18 heavy (non-hydrogen) atoms. The molecule has 0 aromatic heterocycles. The molecule has 0 aromatic carbocycles. The van der Waals surface area contributed by atoms with Gasteiger partial charge in [-0.25, -0.2) is 0 Å². The van der Waals surface area contributed by atoms with Crippen LogP contribution in [0, 0.1) is 0 Å². The van der Waals surface area contributed by atoms with Gasteiger partial charge in [0.05, 0.1) is 6.21 Å². The molecule has 0 aliphatic carbocycles. The van der Waals surface area contributed by atoms with E-state index in [1.807, 2.05) is 0 Å². The molecule has 0 aromatic rings. The minimum atomic E-state index is -0.225. The molecular weight excluding hydrogens is 230 g/mol. The van der Waals surface area contributed by atoms with E-state index >= 15 is 0 Å². The number of aliphatic imine (C=N–C) groups is 3. The first kappa shape index (κ1) is 13.6. The summed E-state index contributed by atoms with van der Waals surface area (Å²) in [6.07, 6.45) is 13.7. The van der Waals surface area contributed by atoms with E-state index in [0.717, 1.165) is 6.21 Å². The molecule has 1 aliphatic heterocycles. The zero-order valence-corrected chi connectivity index (χ0v) is 9.77. The molecule has 0 saturated heterocycles. The highest BCUT2D eigenvalue weighted by molar-refractivity contribution is 6.28. The molecule has 0 atom stereocenters. The van der Waals surface area contributed by atoms with Gasteiger partial charge in [-0.2, -0.15) is 0 Å². The van der Waals surface area contributed by atoms with Gasteiger partial charge in [-0.05, 0) is 12.2 Å². The fourth-order valence-corrected chi connectivity index (χ4v) is 0.981. The molecule has 0 radical (unpaired) electrons. The summed E-state index contributed by atoms with van der Waals surface area (Å²) in [5, 5.41) is 0. The lowest BCUT2D eigenvalue weighted by Gasteiger charge is -1.87. The molecule has 1 rings (SSSR count). The van der Waals surface area contributed by atoms with E-state index in [-0.39, 0.29) is 24.7 Å². The molecule has 0 unspecified atom stereocenters. The van der Waals surface area contributed by atoms with Gasteiger partial charge in [0.15, 0.2) is 11.6 Å². The van der Waals surface area contributed by atoms with Crippen molar-refractivity contribution in [2.45, 2.75) is 0 Å². The van der Waals surface area contributed by atoms with Crippen LogP contribution in [0.4, 0.5) is 0 Å². The van der Waals surface area contributed by atoms with Gasteiger partial charge in [0.2, 0.25) is 0 Å². The molecule has 0 amide bonds. The quantitative estimate of drug-likeness (QED) is 0.636. The van der Waals surface area contributed by atoms with E-state index in [1.165, 1.54) is 12.3 Å². The lowest BCUT2D eigenvalue weighted by molar-refractivity contribution is -0.113. The van der Waals surface area contributed by atoms with Crippen LogP contribution in [0.15, 0.2) is 51.6 Å². The molecule has 5 heteroatoms. The predicted octanol–water partition coefficient (Wildman–Crippen LogP) is 0.977. The van der Waals surface area contributed by atoms with Crippen molar-refractivity contribution in [2.24, 2.45) is 15.0 Å². The van der Waals surface area contributed by atoms with Crippen LogP contribution in [0.5, 0.6) is 0 Å². The lowest BCUT2D eigenvalue weighted by Crippen LogP contribution is -2.03. The van der Waals surface area contributed by atoms with E-state index < -0.39 is 0 Å². The Bertz CT molecular complexity index is 425. The Morgan fingerprint density at radius 1 is 0.833 bits per heavy atom. The fourth-order valence-electron chi connectivity index (χ4n) is 0.981. The summed E-state index contributed by atoms with van der Waals surface area (Å²) in [6.45, 7) is 0.107. The molecule has 1 heterocycles. The number of allylic oxidation sites excluding steroid dienone is 4. The Morgan fingerprint density at radius 3 is 2.11 bits per heavy atom. The first-order chi connectivity index (χ1) is 8.79. The summed E-state index contributed by atoms with van der Waals surface area (Å²) >= 11 is 0. The maximum Gasteiger partial charge on any atom is 0.195 e. The summed E-state index contributed by atoms with van der Waals surface area (Å²) < 4.78 is 0. The Hall–Kier alpha value is -2.43. The van der Waals surface area contributed by atoms with E-state index in [2.05, 4.69) is 15.0 Å². The number of hydrogen-bond acceptors (Lipinski definition) is 5. The van der Waals surface area contributed by atoms with Crippen LogP contribution in [0.25, 0.3) is 0 Å². The standard InChI is InChI=1S/C13H13N3O2/c17-12-5-8-16-11-13(18)10-15-7-4-2-1-3-6-14-9-12/h1-8,11H,9-10H2/b3-1-,4-2-,8-5-,14-6?,15-7?,16-11?. The Morgan fingerprint density at radius 2 is 1.44 bits per heavy atom. The first-order valence-electron chi connectivity index (χ1n) is 5.36. The van der Waals surface area contributed by atoms with Gasteiger partial charge < -0.3 is 0 Å². The number of carbonyl (C=O) groups is 2. The van der Waals surface area contributed by atoms with Crippen molar-refractivity contribution in [3.05, 3.63) is 36.6 Å². The summed E-state index contributed by atoms with van der Waals surface area (Å²) in [5.74, 6) is -0.401. The molecule has 0 spiro atoms. The monoisotopic (exact) mass is 243 g/mol. The highest BCUT2D eigenvalue weighted by Gasteiger charge is 1.93. The fraction of sp³-hybridized carbons (Fsp3) is 0.154. The Balaban J connectivity index is 2.71. The van der Waals surface area contributed by atoms with Crippen LogP contribution in [0.1, 0.15) is 0 Å². The molecule has 92 valence electrons. The molecular formula is C13H13N3O2. The van der Waals surface area contributed by atoms with Gasteiger partial charge in [0, 0.05) is 24.7 Å². The second kappa shape index (κ2) is 8.69. The third-order valence-electron chi connectivity index (χ3n) is 1.78. The number of hydrogen-bond donors (Lipinski definition) is 0. The first-order valence-corrected chi connectivity index (χ1v) is 5.36. The maximum absolute atomic E-state index is 11.2. The SMILES string of the molecule is O=C1C=N/C=C\C(=O)CN=C/C=C\C=C/C=NC1. The highest BCUT2D eigenvalue weighted by Crippen LogP contribution is 1.83. The number of nitrogens with zero attached hydrogens (tertiary/aromatic N) is 3. The van der Waals surface area contributed by atoms with Gasteiger partial charge in [0.25, 0.3) is 0 Å². The van der Waals surface area contributed by atoms with Crippen LogP contribution in [-0.2, 0) is 9.59 Å². The van der Waals surface area contributed by atoms with Crippen molar-refractivity contribution in [1.29, 1.82) is 0 Å². The number of carbonyl (C=O) groups excluding carboxylic acids is 2. The van der Waals surface area contributed by atoms with Gasteiger partial charge in [-0.15, -0.1) is 0 Å². The molecule has 0 bridgehead atoms. The van der Waals surface area contributed by atoms with Crippen molar-refractivity contribution < 1.29 is 9.59 Å². The average Bonchev–Trinajstić information content (AvgIpc) is 2.35. The average molecular weight is 243 g/mol. The Kier molecular flexibility index (Phi) is 6.58. The minimum absolute atomic E-state index is 0.0425. The number of ketones is 2. The third-order valence-corrected chi connectivity index (χ3v) is 1.78. The van der Waals surface area contributed by atoms with E-state index in [9.17, 15) is 9.59 Å². The van der Waals surface area contributed by atoms with Crippen LogP contribution in [-0.4, -0.2) is 43.3 Å². The van der Waals surface area contributed by atoms with Gasteiger partial charge in [-0.3, -0.25) is 24.6 Å². The van der Waals surface area contributed by atoms with E-state index in [1.54, 1.807) is 36.7 Å². The van der Waals surface area contributed by atoms with Gasteiger partial charge in [-0.1, -0.05) is 12.2 Å². The Labute approximate surface area is 105 Å². The molecule has 0 saturated carbocycles. The van der Waals surface area contributed by atoms with Gasteiger partial charge in [0.1, 0.15) is 13.1 Å². The number of rotatable bonds is 0. The van der Waals surface area contributed by atoms with Gasteiger partial charge >= 0.3 is 0 Å². The van der Waals surface area contributed by atoms with Crippen molar-refractivity contribution in [1.82, 2.24) is 0 Å². The third kappa shape index (κ3) is 6.95. The molecule has 0 N–H and O–H groups in total. The van der Waals surface area contributed by atoms with Crippen molar-refractivity contribution in [3.8, 4) is 0 Å². The number of Topliss-reactive ketones (excluding diaryl/α,β-unsaturated/α-hetero) is 1. The molecule has 1 aliphatic rings. The van der Waals surface area contributed by atoms with E-state index in [4.69, 9.17) is 0 Å². The largest absolute Gasteiger partial charge is 0.293 e. The zero-order chi connectivity index (χ0) is 13.1. The molecule has 0 fully saturated rings. The van der Waals surface area contributed by atoms with Crippen LogP contribution in [0.2, 0.25) is 0 Å². The smallest absolute Gasteiger partial charge is 0.195 e. The molecule has 5 nitrogen and oxygen atoms in total.